The number of nitrogens with one attached hydrogen (secondary N) is 2. The molecule has 0 saturated carbocycles. The van der Waals surface area contributed by atoms with Crippen molar-refractivity contribution in [2.45, 2.75) is 13.5 Å². The van der Waals surface area contributed by atoms with Crippen molar-refractivity contribution in [1.82, 2.24) is 14.5 Å². The smallest absolute Gasteiger partial charge is 0.263 e. The van der Waals surface area contributed by atoms with Crippen molar-refractivity contribution < 1.29 is 9.90 Å². The molecule has 0 atom stereocenters. The lowest BCUT2D eigenvalue weighted by Gasteiger charge is -2.07. The number of hydrogen-bond donors (Lipinski definition) is 3. The van der Waals surface area contributed by atoms with Crippen LogP contribution in [0.1, 0.15) is 5.69 Å². The normalized spacial score (nSPS) is 10.8. The van der Waals surface area contributed by atoms with Crippen molar-refractivity contribution >= 4 is 22.6 Å². The molecule has 7 nitrogen and oxygen atoms in total. The third-order valence-corrected chi connectivity index (χ3v) is 3.21. The number of carbonyl (C=O) groups is 1. The molecule has 7 heteroatoms. The van der Waals surface area contributed by atoms with E-state index in [9.17, 15) is 14.7 Å². The Morgan fingerprint density at radius 3 is 2.82 bits per heavy atom. The maximum absolute atomic E-state index is 12.3. The highest BCUT2D eigenvalue weighted by Crippen LogP contribution is 2.13. The molecule has 0 radical (unpaired) electrons. The van der Waals surface area contributed by atoms with Gasteiger partial charge in [0.25, 0.3) is 5.56 Å². The number of H-pyrrole nitrogens is 1. The summed E-state index contributed by atoms with van der Waals surface area (Å²) in [4.78, 5) is 31.4. The SMILES string of the molecule is Cc1cc2c(=O)n(CC(=O)Nc3ccc(O)cc3)cnc2[nH]1. The lowest BCUT2D eigenvalue weighted by atomic mass is 10.3. The lowest BCUT2D eigenvalue weighted by molar-refractivity contribution is -0.116. The molecule has 3 N–H and O–H groups in total. The van der Waals surface area contributed by atoms with E-state index >= 15 is 0 Å². The van der Waals surface area contributed by atoms with Crippen LogP contribution in [0, 0.1) is 6.92 Å². The van der Waals surface area contributed by atoms with Crippen molar-refractivity contribution in [2.75, 3.05) is 5.32 Å². The predicted molar refractivity (Wildman–Crippen MR) is 81.8 cm³/mol. The summed E-state index contributed by atoms with van der Waals surface area (Å²) >= 11 is 0. The molecule has 1 amide bonds. The van der Waals surface area contributed by atoms with Crippen LogP contribution in [0.3, 0.4) is 0 Å². The second-order valence-electron chi connectivity index (χ2n) is 4.99. The van der Waals surface area contributed by atoms with E-state index in [0.29, 0.717) is 16.7 Å². The summed E-state index contributed by atoms with van der Waals surface area (Å²) in [6.45, 7) is 1.70. The van der Waals surface area contributed by atoms with Gasteiger partial charge in [0, 0.05) is 11.4 Å². The fourth-order valence-corrected chi connectivity index (χ4v) is 2.19. The van der Waals surface area contributed by atoms with Gasteiger partial charge < -0.3 is 15.4 Å². The van der Waals surface area contributed by atoms with E-state index in [1.807, 2.05) is 6.92 Å². The number of aryl methyl sites for hydroxylation is 1. The minimum atomic E-state index is -0.346. The molecule has 0 unspecified atom stereocenters. The maximum atomic E-state index is 12.3. The van der Waals surface area contributed by atoms with E-state index < -0.39 is 0 Å². The molecule has 0 aliphatic carbocycles. The number of aromatic hydroxyl groups is 1. The highest BCUT2D eigenvalue weighted by molar-refractivity contribution is 5.90. The quantitative estimate of drug-likeness (QED) is 0.636. The number of anilines is 1. The van der Waals surface area contributed by atoms with Gasteiger partial charge in [-0.2, -0.15) is 0 Å². The van der Waals surface area contributed by atoms with Crippen molar-refractivity contribution in [2.24, 2.45) is 0 Å². The van der Waals surface area contributed by atoms with Crippen molar-refractivity contribution in [3.63, 3.8) is 0 Å². The van der Waals surface area contributed by atoms with Crippen molar-refractivity contribution in [1.29, 1.82) is 0 Å². The van der Waals surface area contributed by atoms with E-state index in [4.69, 9.17) is 0 Å². The number of benzene rings is 1. The standard InChI is InChI=1S/C15H14N4O3/c1-9-6-12-14(17-9)16-8-19(15(12)22)7-13(21)18-10-2-4-11(20)5-3-10/h2-6,8,17,20H,7H2,1H3,(H,18,21). The molecule has 3 rings (SSSR count). The predicted octanol–water partition coefficient (Wildman–Crippen LogP) is 1.38. The van der Waals surface area contributed by atoms with Gasteiger partial charge in [-0.1, -0.05) is 0 Å². The summed E-state index contributed by atoms with van der Waals surface area (Å²) in [6, 6.07) is 7.80. The van der Waals surface area contributed by atoms with Crippen LogP contribution in [0.25, 0.3) is 11.0 Å². The number of phenolic OH excluding ortho intramolecular Hbond substituents is 1. The van der Waals surface area contributed by atoms with Crippen LogP contribution in [-0.2, 0) is 11.3 Å². The second-order valence-corrected chi connectivity index (χ2v) is 4.99. The Morgan fingerprint density at radius 2 is 2.09 bits per heavy atom. The number of hydrogen-bond acceptors (Lipinski definition) is 4. The first kappa shape index (κ1) is 13.9. The summed E-state index contributed by atoms with van der Waals surface area (Å²) in [7, 11) is 0. The largest absolute Gasteiger partial charge is 0.508 e. The molecular formula is C15H14N4O3. The number of aromatic amines is 1. The number of phenols is 1. The second kappa shape index (κ2) is 5.36. The summed E-state index contributed by atoms with van der Waals surface area (Å²) in [6.07, 6.45) is 1.34. The summed E-state index contributed by atoms with van der Waals surface area (Å²) < 4.78 is 1.26. The first-order valence-corrected chi connectivity index (χ1v) is 6.66. The van der Waals surface area contributed by atoms with Crippen LogP contribution >= 0.6 is 0 Å². The van der Waals surface area contributed by atoms with Gasteiger partial charge in [-0.05, 0) is 37.3 Å². The Hall–Kier alpha value is -3.09. The van der Waals surface area contributed by atoms with Gasteiger partial charge in [-0.3, -0.25) is 14.2 Å². The van der Waals surface area contributed by atoms with Crippen molar-refractivity contribution in [3.8, 4) is 5.75 Å². The van der Waals surface area contributed by atoms with Gasteiger partial charge in [0.15, 0.2) is 0 Å². The third-order valence-electron chi connectivity index (χ3n) is 3.21. The van der Waals surface area contributed by atoms with E-state index in [-0.39, 0.29) is 23.8 Å². The number of rotatable bonds is 3. The third kappa shape index (κ3) is 2.69. The van der Waals surface area contributed by atoms with Crippen LogP contribution in [0.2, 0.25) is 0 Å². The fraction of sp³-hybridized carbons (Fsp3) is 0.133. The molecule has 2 aromatic heterocycles. The summed E-state index contributed by atoms with van der Waals surface area (Å²) in [5.74, 6) is -0.229. The summed E-state index contributed by atoms with van der Waals surface area (Å²) in [5, 5.41) is 12.3. The van der Waals surface area contributed by atoms with E-state index in [1.54, 1.807) is 18.2 Å². The van der Waals surface area contributed by atoms with E-state index in [1.165, 1.54) is 23.0 Å². The topological polar surface area (TPSA) is 100 Å². The van der Waals surface area contributed by atoms with Crippen LogP contribution in [-0.4, -0.2) is 25.5 Å². The molecule has 2 heterocycles. The van der Waals surface area contributed by atoms with Crippen LogP contribution in [0.15, 0.2) is 41.5 Å². The Morgan fingerprint density at radius 1 is 1.36 bits per heavy atom. The fourth-order valence-electron chi connectivity index (χ4n) is 2.19. The zero-order valence-corrected chi connectivity index (χ0v) is 11.8. The number of fused-ring (bicyclic) bond motifs is 1. The van der Waals surface area contributed by atoms with Crippen LogP contribution < -0.4 is 10.9 Å². The molecule has 0 aliphatic heterocycles. The number of aromatic nitrogens is 3. The monoisotopic (exact) mass is 298 g/mol. The molecule has 0 fully saturated rings. The highest BCUT2D eigenvalue weighted by Gasteiger charge is 2.10. The van der Waals surface area contributed by atoms with Gasteiger partial charge in [-0.15, -0.1) is 0 Å². The first-order valence-electron chi connectivity index (χ1n) is 6.66. The average Bonchev–Trinajstić information content (AvgIpc) is 2.86. The molecule has 0 saturated heterocycles. The summed E-state index contributed by atoms with van der Waals surface area (Å²) in [5.41, 5.74) is 1.63. The minimum absolute atomic E-state index is 0.117. The van der Waals surface area contributed by atoms with Crippen LogP contribution in [0.4, 0.5) is 5.69 Å². The Labute approximate surface area is 125 Å². The van der Waals surface area contributed by atoms with Crippen molar-refractivity contribution in [3.05, 3.63) is 52.7 Å². The molecule has 1 aromatic carbocycles. The molecular weight excluding hydrogens is 284 g/mol. The Balaban J connectivity index is 1.80. The highest BCUT2D eigenvalue weighted by atomic mass is 16.3. The number of nitrogens with zero attached hydrogens (tertiary/aromatic N) is 2. The molecule has 0 spiro atoms. The molecule has 3 aromatic rings. The molecule has 112 valence electrons. The zero-order valence-electron chi connectivity index (χ0n) is 11.8. The van der Waals surface area contributed by atoms with Crippen LogP contribution in [0.5, 0.6) is 5.75 Å². The van der Waals surface area contributed by atoms with E-state index in [2.05, 4.69) is 15.3 Å². The zero-order chi connectivity index (χ0) is 15.7. The van der Waals surface area contributed by atoms with Gasteiger partial charge in [0.2, 0.25) is 5.91 Å². The van der Waals surface area contributed by atoms with E-state index in [0.717, 1.165) is 5.69 Å². The average molecular weight is 298 g/mol. The molecule has 22 heavy (non-hydrogen) atoms. The first-order chi connectivity index (χ1) is 10.5. The number of amides is 1. The molecule has 0 bridgehead atoms. The van der Waals surface area contributed by atoms with Gasteiger partial charge in [-0.25, -0.2) is 4.98 Å². The minimum Gasteiger partial charge on any atom is -0.508 e. The Bertz CT molecular complexity index is 893. The van der Waals surface area contributed by atoms with Gasteiger partial charge in [0.1, 0.15) is 24.3 Å². The van der Waals surface area contributed by atoms with Gasteiger partial charge >= 0.3 is 0 Å². The number of carbonyl (C=O) groups excluding carboxylic acids is 1. The Kier molecular flexibility index (Phi) is 3.38. The molecule has 0 aliphatic rings. The lowest BCUT2D eigenvalue weighted by Crippen LogP contribution is -2.27. The maximum Gasteiger partial charge on any atom is 0.263 e. The van der Waals surface area contributed by atoms with Gasteiger partial charge in [0.05, 0.1) is 5.39 Å².